The SMILES string of the molecule is CC1(C)c2cc3c(cc2-c2cc4nc(C5CCCCC5)n(-c5ccc(-c6ccccc6)cc5)c4cc21)nc(C1CCCCC1)n3-c1ccc(-c2ccccc2)cc1. The van der Waals surface area contributed by atoms with E-state index < -0.39 is 0 Å². The van der Waals surface area contributed by atoms with Gasteiger partial charge in [-0.2, -0.15) is 0 Å². The molecule has 0 saturated heterocycles. The van der Waals surface area contributed by atoms with E-state index in [2.05, 4.69) is 156 Å². The molecule has 2 heterocycles. The van der Waals surface area contributed by atoms with Crippen LogP contribution in [0.2, 0.25) is 0 Å². The third-order valence-electron chi connectivity index (χ3n) is 13.7. The smallest absolute Gasteiger partial charge is 0.117 e. The summed E-state index contributed by atoms with van der Waals surface area (Å²) in [6, 6.07) is 49.5. The summed E-state index contributed by atoms with van der Waals surface area (Å²) in [5, 5.41) is 0. The predicted octanol–water partition coefficient (Wildman–Crippen LogP) is 14.1. The molecule has 0 unspecified atom stereocenters. The zero-order chi connectivity index (χ0) is 38.1. The topological polar surface area (TPSA) is 35.6 Å². The van der Waals surface area contributed by atoms with E-state index in [0.717, 1.165) is 11.0 Å². The van der Waals surface area contributed by atoms with Gasteiger partial charge in [-0.15, -0.1) is 0 Å². The van der Waals surface area contributed by atoms with Crippen LogP contribution in [0.5, 0.6) is 0 Å². The van der Waals surface area contributed by atoms with E-state index in [0.29, 0.717) is 11.8 Å². The van der Waals surface area contributed by atoms with E-state index in [-0.39, 0.29) is 5.41 Å². The van der Waals surface area contributed by atoms with E-state index in [1.54, 1.807) is 0 Å². The van der Waals surface area contributed by atoms with Crippen LogP contribution in [-0.4, -0.2) is 19.1 Å². The number of hydrogen-bond donors (Lipinski definition) is 0. The zero-order valence-electron chi connectivity index (χ0n) is 33.2. The number of hydrogen-bond acceptors (Lipinski definition) is 2. The maximum atomic E-state index is 5.55. The lowest BCUT2D eigenvalue weighted by molar-refractivity contribution is 0.426. The zero-order valence-corrected chi connectivity index (χ0v) is 33.2. The van der Waals surface area contributed by atoms with Gasteiger partial charge in [-0.05, 0) is 119 Å². The quantitative estimate of drug-likeness (QED) is 0.170. The standard InChI is InChI=1S/C53H50N4/c1-53(2)45-33-49-47(54-51(39-19-11-5-12-20-39)56(49)41-27-23-37(24-28-41)35-15-7-3-8-16-35)31-43(45)44-32-48-50(34-46(44)53)57(52(55-48)40-21-13-6-14-22-40)42-29-25-38(26-30-42)36-17-9-4-10-18-36/h3-4,7-10,15-18,23-34,39-40H,5-6,11-14,19-22H2,1-2H3. The molecule has 4 heteroatoms. The van der Waals surface area contributed by atoms with Gasteiger partial charge in [0, 0.05) is 28.6 Å². The lowest BCUT2D eigenvalue weighted by atomic mass is 9.82. The van der Waals surface area contributed by atoms with Gasteiger partial charge in [0.1, 0.15) is 11.6 Å². The predicted molar refractivity (Wildman–Crippen MR) is 236 cm³/mol. The van der Waals surface area contributed by atoms with Gasteiger partial charge in [0.25, 0.3) is 0 Å². The van der Waals surface area contributed by atoms with Gasteiger partial charge in [0.2, 0.25) is 0 Å². The van der Waals surface area contributed by atoms with Crippen LogP contribution in [0.25, 0.3) is 66.8 Å². The summed E-state index contributed by atoms with van der Waals surface area (Å²) < 4.78 is 5.00. The number of fused-ring (bicyclic) bond motifs is 5. The van der Waals surface area contributed by atoms with Crippen molar-refractivity contribution >= 4 is 22.1 Å². The number of imidazole rings is 2. The van der Waals surface area contributed by atoms with Crippen LogP contribution >= 0.6 is 0 Å². The molecule has 2 fully saturated rings. The monoisotopic (exact) mass is 742 g/mol. The largest absolute Gasteiger partial charge is 0.296 e. The van der Waals surface area contributed by atoms with Gasteiger partial charge < -0.3 is 0 Å². The molecule has 2 aromatic heterocycles. The second kappa shape index (κ2) is 13.7. The van der Waals surface area contributed by atoms with Crippen LogP contribution in [0.15, 0.2) is 133 Å². The van der Waals surface area contributed by atoms with Crippen LogP contribution in [0.3, 0.4) is 0 Å². The van der Waals surface area contributed by atoms with Gasteiger partial charge in [0.05, 0.1) is 22.1 Å². The Hall–Kier alpha value is -5.74. The molecular weight excluding hydrogens is 693 g/mol. The van der Waals surface area contributed by atoms with E-state index in [4.69, 9.17) is 9.97 Å². The van der Waals surface area contributed by atoms with Crippen LogP contribution in [0.4, 0.5) is 0 Å². The van der Waals surface area contributed by atoms with Crippen LogP contribution in [0, 0.1) is 0 Å². The first-order valence-electron chi connectivity index (χ1n) is 21.5. The molecule has 0 spiro atoms. The number of rotatable bonds is 6. The average Bonchev–Trinajstić information content (AvgIpc) is 3.91. The van der Waals surface area contributed by atoms with Crippen LogP contribution < -0.4 is 0 Å². The molecule has 3 aliphatic rings. The van der Waals surface area contributed by atoms with Crippen LogP contribution in [0.1, 0.15) is 113 Å². The third kappa shape index (κ3) is 5.78. The molecule has 0 aliphatic heterocycles. The molecule has 4 nitrogen and oxygen atoms in total. The van der Waals surface area contributed by atoms with Crippen molar-refractivity contribution in [2.75, 3.05) is 0 Å². The first-order chi connectivity index (χ1) is 28.0. The molecule has 2 saturated carbocycles. The number of benzene rings is 6. The molecular formula is C53H50N4. The van der Waals surface area contributed by atoms with E-state index >= 15 is 0 Å². The molecule has 0 radical (unpaired) electrons. The summed E-state index contributed by atoms with van der Waals surface area (Å²) in [5.41, 5.74) is 17.2. The summed E-state index contributed by atoms with van der Waals surface area (Å²) in [7, 11) is 0. The molecule has 0 atom stereocenters. The van der Waals surface area contributed by atoms with Gasteiger partial charge in [-0.1, -0.05) is 137 Å². The summed E-state index contributed by atoms with van der Waals surface area (Å²) >= 11 is 0. The van der Waals surface area contributed by atoms with Crippen molar-refractivity contribution in [1.82, 2.24) is 19.1 Å². The maximum Gasteiger partial charge on any atom is 0.117 e. The van der Waals surface area contributed by atoms with Crippen molar-refractivity contribution in [2.45, 2.75) is 95.3 Å². The molecule has 11 rings (SSSR count). The Morgan fingerprint density at radius 2 is 0.807 bits per heavy atom. The Balaban J connectivity index is 1.06. The van der Waals surface area contributed by atoms with Gasteiger partial charge in [0.15, 0.2) is 0 Å². The van der Waals surface area contributed by atoms with Crippen molar-refractivity contribution in [1.29, 1.82) is 0 Å². The Morgan fingerprint density at radius 3 is 1.19 bits per heavy atom. The van der Waals surface area contributed by atoms with Crippen molar-refractivity contribution in [2.24, 2.45) is 0 Å². The summed E-state index contributed by atoms with van der Waals surface area (Å²) in [4.78, 5) is 11.1. The second-order valence-electron chi connectivity index (χ2n) is 17.5. The minimum absolute atomic E-state index is 0.193. The fraction of sp³-hybridized carbons (Fsp3) is 0.283. The molecule has 57 heavy (non-hydrogen) atoms. The summed E-state index contributed by atoms with van der Waals surface area (Å²) in [5.74, 6) is 3.39. The minimum Gasteiger partial charge on any atom is -0.296 e. The maximum absolute atomic E-state index is 5.55. The fourth-order valence-corrected chi connectivity index (χ4v) is 10.6. The van der Waals surface area contributed by atoms with E-state index in [1.807, 2.05) is 0 Å². The summed E-state index contributed by atoms with van der Waals surface area (Å²) in [6.07, 6.45) is 12.6. The lowest BCUT2D eigenvalue weighted by Gasteiger charge is -2.24. The lowest BCUT2D eigenvalue weighted by Crippen LogP contribution is -2.15. The van der Waals surface area contributed by atoms with Crippen molar-refractivity contribution in [3.63, 3.8) is 0 Å². The van der Waals surface area contributed by atoms with Crippen LogP contribution in [-0.2, 0) is 5.41 Å². The third-order valence-corrected chi connectivity index (χ3v) is 13.7. The molecule has 3 aliphatic carbocycles. The highest BCUT2D eigenvalue weighted by atomic mass is 15.1. The molecule has 282 valence electrons. The van der Waals surface area contributed by atoms with Gasteiger partial charge in [-0.25, -0.2) is 9.97 Å². The molecule has 8 aromatic rings. The molecule has 0 N–H and O–H groups in total. The molecule has 0 amide bonds. The van der Waals surface area contributed by atoms with Gasteiger partial charge in [-0.3, -0.25) is 9.13 Å². The highest BCUT2D eigenvalue weighted by Crippen LogP contribution is 2.52. The second-order valence-corrected chi connectivity index (χ2v) is 17.5. The minimum atomic E-state index is -0.193. The Kier molecular flexibility index (Phi) is 8.31. The van der Waals surface area contributed by atoms with Crippen molar-refractivity contribution in [3.8, 4) is 44.8 Å². The highest BCUT2D eigenvalue weighted by Gasteiger charge is 2.38. The normalized spacial score (nSPS) is 16.9. The Bertz CT molecular complexity index is 2550. The van der Waals surface area contributed by atoms with Gasteiger partial charge >= 0.3 is 0 Å². The van der Waals surface area contributed by atoms with Crippen molar-refractivity contribution in [3.05, 3.63) is 156 Å². The molecule has 0 bridgehead atoms. The van der Waals surface area contributed by atoms with E-state index in [1.165, 1.54) is 143 Å². The molecule has 6 aromatic carbocycles. The fourth-order valence-electron chi connectivity index (χ4n) is 10.6. The first kappa shape index (κ1) is 34.5. The first-order valence-corrected chi connectivity index (χ1v) is 21.5. The number of nitrogens with zero attached hydrogens (tertiary/aromatic N) is 4. The van der Waals surface area contributed by atoms with E-state index in [9.17, 15) is 0 Å². The highest BCUT2D eigenvalue weighted by molar-refractivity contribution is 5.96. The van der Waals surface area contributed by atoms with Crippen molar-refractivity contribution < 1.29 is 0 Å². The Labute approximate surface area is 336 Å². The summed E-state index contributed by atoms with van der Waals surface area (Å²) in [6.45, 7) is 4.84. The number of aromatic nitrogens is 4. The Morgan fingerprint density at radius 1 is 0.439 bits per heavy atom. The average molecular weight is 743 g/mol.